The van der Waals surface area contributed by atoms with Crippen molar-refractivity contribution in [2.45, 2.75) is 6.92 Å². The smallest absolute Gasteiger partial charge is 0.122 e. The van der Waals surface area contributed by atoms with Crippen molar-refractivity contribution in [1.29, 1.82) is 0 Å². The molecule has 0 aliphatic carbocycles. The lowest BCUT2D eigenvalue weighted by atomic mass is 10.0. The molecule has 1 nitrogen and oxygen atoms in total. The van der Waals surface area contributed by atoms with Crippen LogP contribution in [0.2, 0.25) is 5.02 Å². The highest BCUT2D eigenvalue weighted by Crippen LogP contribution is 2.21. The summed E-state index contributed by atoms with van der Waals surface area (Å²) in [5, 5.41) is 10.3. The summed E-state index contributed by atoms with van der Waals surface area (Å²) in [6.45, 7) is 5.43. The van der Waals surface area contributed by atoms with Crippen molar-refractivity contribution in [3.63, 3.8) is 0 Å². The van der Waals surface area contributed by atoms with Gasteiger partial charge in [0.25, 0.3) is 0 Å². The Labute approximate surface area is 95.0 Å². The average molecular weight is 221 g/mol. The number of hydrogen-bond donors (Lipinski definition) is 1. The van der Waals surface area contributed by atoms with Crippen molar-refractivity contribution in [2.24, 2.45) is 0 Å². The molecule has 1 aromatic carbocycles. The normalized spacial score (nSPS) is 12.7. The summed E-state index contributed by atoms with van der Waals surface area (Å²) >= 11 is 5.79. The van der Waals surface area contributed by atoms with Crippen LogP contribution in [0.1, 0.15) is 12.5 Å². The summed E-state index contributed by atoms with van der Waals surface area (Å²) in [6, 6.07) is 7.29. The third-order valence-electron chi connectivity index (χ3n) is 1.96. The van der Waals surface area contributed by atoms with Gasteiger partial charge in [-0.2, -0.15) is 0 Å². The zero-order valence-electron chi connectivity index (χ0n) is 8.57. The highest BCUT2D eigenvalue weighted by Gasteiger charge is 2.02. The molecule has 0 saturated carbocycles. The van der Waals surface area contributed by atoms with Gasteiger partial charge in [-0.15, -0.1) is 0 Å². The van der Waals surface area contributed by atoms with Gasteiger partial charge in [-0.25, -0.2) is 0 Å². The largest absolute Gasteiger partial charge is 0.507 e. The molecule has 1 N–H and O–H groups in total. The molecule has 1 rings (SSSR count). The summed E-state index contributed by atoms with van der Waals surface area (Å²) in [5.74, 6) is 0.162. The Balaban J connectivity index is 3.22. The number of hydrogen-bond acceptors (Lipinski definition) is 1. The lowest BCUT2D eigenvalue weighted by molar-refractivity contribution is 0.436. The predicted molar refractivity (Wildman–Crippen MR) is 66.0 cm³/mol. The second kappa shape index (κ2) is 5.42. The molecule has 0 spiro atoms. The Hall–Kier alpha value is -1.47. The minimum Gasteiger partial charge on any atom is -0.507 e. The highest BCUT2D eigenvalue weighted by molar-refractivity contribution is 6.30. The number of halogens is 1. The van der Waals surface area contributed by atoms with E-state index in [1.807, 2.05) is 31.2 Å². The number of rotatable bonds is 3. The van der Waals surface area contributed by atoms with Crippen molar-refractivity contribution in [3.8, 4) is 0 Å². The van der Waals surface area contributed by atoms with Gasteiger partial charge in [0.15, 0.2) is 0 Å². The fourth-order valence-electron chi connectivity index (χ4n) is 1.24. The molecule has 1 aromatic rings. The summed E-state index contributed by atoms with van der Waals surface area (Å²) in [4.78, 5) is 0. The van der Waals surface area contributed by atoms with Gasteiger partial charge in [-0.3, -0.25) is 0 Å². The van der Waals surface area contributed by atoms with E-state index in [2.05, 4.69) is 6.58 Å². The summed E-state index contributed by atoms with van der Waals surface area (Å²) in [6.07, 6.45) is 5.12. The molecule has 0 aliphatic heterocycles. The number of allylic oxidation sites excluding steroid dienone is 4. The lowest BCUT2D eigenvalue weighted by Gasteiger charge is -2.04. The third-order valence-corrected chi connectivity index (χ3v) is 2.21. The highest BCUT2D eigenvalue weighted by atomic mass is 35.5. The van der Waals surface area contributed by atoms with Crippen LogP contribution in [-0.4, -0.2) is 5.11 Å². The second-order valence-electron chi connectivity index (χ2n) is 3.01. The first kappa shape index (κ1) is 11.6. The fourth-order valence-corrected chi connectivity index (χ4v) is 1.36. The maximum atomic E-state index is 9.65. The van der Waals surface area contributed by atoms with Gasteiger partial charge in [-0.05, 0) is 30.7 Å². The van der Waals surface area contributed by atoms with Gasteiger partial charge in [0.05, 0.1) is 0 Å². The quantitative estimate of drug-likeness (QED) is 0.592. The Kier molecular flexibility index (Phi) is 4.19. The number of aliphatic hydroxyl groups excluding tert-OH is 1. The van der Waals surface area contributed by atoms with Gasteiger partial charge in [0, 0.05) is 10.6 Å². The minimum absolute atomic E-state index is 0.162. The molecular weight excluding hydrogens is 208 g/mol. The average Bonchev–Trinajstić information content (AvgIpc) is 2.26. The SMILES string of the molecule is C=C/C(O)=C(\C=C/C)c1ccc(Cl)cc1. The van der Waals surface area contributed by atoms with Crippen LogP contribution in [0.4, 0.5) is 0 Å². The minimum atomic E-state index is 0.162. The Bertz CT molecular complexity index is 399. The van der Waals surface area contributed by atoms with Gasteiger partial charge >= 0.3 is 0 Å². The van der Waals surface area contributed by atoms with E-state index in [1.54, 1.807) is 12.1 Å². The van der Waals surface area contributed by atoms with Crippen LogP contribution in [0.3, 0.4) is 0 Å². The zero-order valence-corrected chi connectivity index (χ0v) is 9.33. The van der Waals surface area contributed by atoms with E-state index >= 15 is 0 Å². The molecule has 15 heavy (non-hydrogen) atoms. The van der Waals surface area contributed by atoms with Crippen molar-refractivity contribution in [3.05, 3.63) is 65.4 Å². The molecule has 0 unspecified atom stereocenters. The molecule has 2 heteroatoms. The van der Waals surface area contributed by atoms with Crippen LogP contribution in [0.5, 0.6) is 0 Å². The zero-order chi connectivity index (χ0) is 11.3. The number of benzene rings is 1. The molecule has 0 aliphatic rings. The molecule has 0 saturated heterocycles. The van der Waals surface area contributed by atoms with Crippen molar-refractivity contribution in [2.75, 3.05) is 0 Å². The second-order valence-corrected chi connectivity index (χ2v) is 3.45. The molecule has 0 bridgehead atoms. The first-order valence-electron chi connectivity index (χ1n) is 4.63. The van der Waals surface area contributed by atoms with Crippen molar-refractivity contribution >= 4 is 17.2 Å². The Morgan fingerprint density at radius 2 is 1.93 bits per heavy atom. The molecular formula is C13H13ClO. The van der Waals surface area contributed by atoms with Crippen molar-refractivity contribution in [1.82, 2.24) is 0 Å². The van der Waals surface area contributed by atoms with E-state index in [4.69, 9.17) is 11.6 Å². The first-order valence-corrected chi connectivity index (χ1v) is 5.01. The van der Waals surface area contributed by atoms with Gasteiger partial charge < -0.3 is 5.11 Å². The van der Waals surface area contributed by atoms with E-state index in [9.17, 15) is 5.11 Å². The van der Waals surface area contributed by atoms with Crippen LogP contribution in [0.25, 0.3) is 5.57 Å². The van der Waals surface area contributed by atoms with E-state index in [0.717, 1.165) is 11.1 Å². The molecule has 0 radical (unpaired) electrons. The molecule has 0 heterocycles. The molecule has 0 amide bonds. The standard InChI is InChI=1S/C13H13ClO/c1-3-5-12(13(15)4-2)10-6-8-11(14)9-7-10/h3-9,15H,2H2,1H3/b5-3-,13-12-. The molecule has 0 atom stereocenters. The van der Waals surface area contributed by atoms with Crippen LogP contribution in [0, 0.1) is 0 Å². The van der Waals surface area contributed by atoms with Crippen LogP contribution < -0.4 is 0 Å². The summed E-state index contributed by atoms with van der Waals surface area (Å²) < 4.78 is 0. The molecule has 0 aromatic heterocycles. The van der Waals surface area contributed by atoms with Gasteiger partial charge in [-0.1, -0.05) is 42.5 Å². The lowest BCUT2D eigenvalue weighted by Crippen LogP contribution is -1.86. The molecule has 78 valence electrons. The maximum absolute atomic E-state index is 9.65. The van der Waals surface area contributed by atoms with E-state index < -0.39 is 0 Å². The van der Waals surface area contributed by atoms with Crippen molar-refractivity contribution < 1.29 is 5.11 Å². The summed E-state index contributed by atoms with van der Waals surface area (Å²) in [7, 11) is 0. The van der Waals surface area contributed by atoms with Crippen LogP contribution in [-0.2, 0) is 0 Å². The topological polar surface area (TPSA) is 20.2 Å². The number of aliphatic hydroxyl groups is 1. The van der Waals surface area contributed by atoms with E-state index in [-0.39, 0.29) is 5.76 Å². The first-order chi connectivity index (χ1) is 7.19. The predicted octanol–water partition coefficient (Wildman–Crippen LogP) is 4.37. The van der Waals surface area contributed by atoms with E-state index in [0.29, 0.717) is 5.02 Å². The van der Waals surface area contributed by atoms with Crippen LogP contribution >= 0.6 is 11.6 Å². The van der Waals surface area contributed by atoms with Gasteiger partial charge in [0.2, 0.25) is 0 Å². The molecule has 0 fully saturated rings. The van der Waals surface area contributed by atoms with E-state index in [1.165, 1.54) is 6.08 Å². The fraction of sp³-hybridized carbons (Fsp3) is 0.0769. The van der Waals surface area contributed by atoms with Gasteiger partial charge in [0.1, 0.15) is 5.76 Å². The Morgan fingerprint density at radius 3 is 2.40 bits per heavy atom. The Morgan fingerprint density at radius 1 is 1.33 bits per heavy atom. The monoisotopic (exact) mass is 220 g/mol. The third kappa shape index (κ3) is 3.00. The summed E-state index contributed by atoms with van der Waals surface area (Å²) in [5.41, 5.74) is 1.65. The van der Waals surface area contributed by atoms with Crippen LogP contribution in [0.15, 0.2) is 54.8 Å². The maximum Gasteiger partial charge on any atom is 0.122 e.